The first-order valence-electron chi connectivity index (χ1n) is 11.3. The van der Waals surface area contributed by atoms with Crippen molar-refractivity contribution in [3.05, 3.63) is 23.8 Å². The van der Waals surface area contributed by atoms with Crippen LogP contribution in [0.15, 0.2) is 18.2 Å². The molecule has 1 fully saturated rings. The molecule has 176 valence electrons. The maximum atomic E-state index is 13.3. The summed E-state index contributed by atoms with van der Waals surface area (Å²) in [6.07, 6.45) is 2.59. The largest absolute Gasteiger partial charge is 0.491 e. The molecule has 3 atom stereocenters. The number of rotatable bonds is 4. The van der Waals surface area contributed by atoms with Gasteiger partial charge >= 0.3 is 0 Å². The van der Waals surface area contributed by atoms with Crippen LogP contribution in [0.3, 0.4) is 0 Å². The Kier molecular flexibility index (Phi) is 7.77. The Labute approximate surface area is 190 Å². The molecule has 3 rings (SSSR count). The summed E-state index contributed by atoms with van der Waals surface area (Å²) >= 11 is 0. The van der Waals surface area contributed by atoms with Crippen molar-refractivity contribution >= 4 is 23.4 Å². The summed E-state index contributed by atoms with van der Waals surface area (Å²) in [5.74, 6) is 0.684. The molecular weight excluding hydrogens is 410 g/mol. The molecule has 3 amide bonds. The third-order valence-electron chi connectivity index (χ3n) is 6.25. The van der Waals surface area contributed by atoms with Crippen molar-refractivity contribution in [2.45, 2.75) is 52.2 Å². The molecule has 32 heavy (non-hydrogen) atoms. The number of benzene rings is 1. The van der Waals surface area contributed by atoms with Crippen LogP contribution in [-0.2, 0) is 14.3 Å². The number of hydrogen-bond donors (Lipinski definition) is 1. The van der Waals surface area contributed by atoms with Gasteiger partial charge in [-0.05, 0) is 43.9 Å². The zero-order valence-electron chi connectivity index (χ0n) is 19.7. The van der Waals surface area contributed by atoms with Gasteiger partial charge < -0.3 is 24.6 Å². The fourth-order valence-corrected chi connectivity index (χ4v) is 4.09. The minimum absolute atomic E-state index is 0.0328. The zero-order valence-corrected chi connectivity index (χ0v) is 19.7. The van der Waals surface area contributed by atoms with Crippen LogP contribution in [0, 0.1) is 11.8 Å². The first-order valence-corrected chi connectivity index (χ1v) is 11.3. The van der Waals surface area contributed by atoms with Crippen molar-refractivity contribution in [1.29, 1.82) is 0 Å². The minimum Gasteiger partial charge on any atom is -0.491 e. The van der Waals surface area contributed by atoms with E-state index in [0.717, 1.165) is 12.8 Å². The Hall–Kier alpha value is -2.61. The van der Waals surface area contributed by atoms with Gasteiger partial charge in [0.05, 0.1) is 17.7 Å². The van der Waals surface area contributed by atoms with Crippen molar-refractivity contribution in [1.82, 2.24) is 9.80 Å². The molecule has 8 heteroatoms. The standard InChI is InChI=1S/C24H35N3O5/c1-15-12-27(23(29)10-18-6-7-18)16(2)14-32-21-9-8-19(25-17(3)28)11-20(21)24(30)26(4)13-22(15)31-5/h8-9,11,15-16,18,22H,6-7,10,12-14H2,1-5H3,(H,25,28)/t15-,16-,22-/m0/s1. The third kappa shape index (κ3) is 6.00. The highest BCUT2D eigenvalue weighted by Crippen LogP contribution is 2.33. The number of carbonyl (C=O) groups excluding carboxylic acids is 3. The average molecular weight is 446 g/mol. The van der Waals surface area contributed by atoms with Gasteiger partial charge in [0.1, 0.15) is 12.4 Å². The highest BCUT2D eigenvalue weighted by Gasteiger charge is 2.33. The molecule has 1 heterocycles. The van der Waals surface area contributed by atoms with E-state index in [0.29, 0.717) is 42.4 Å². The number of methoxy groups -OCH3 is 1. The van der Waals surface area contributed by atoms with E-state index in [1.54, 1.807) is 37.3 Å². The van der Waals surface area contributed by atoms with Crippen LogP contribution in [0.5, 0.6) is 5.75 Å². The van der Waals surface area contributed by atoms with Crippen molar-refractivity contribution in [3.63, 3.8) is 0 Å². The van der Waals surface area contributed by atoms with Gasteiger partial charge in [-0.25, -0.2) is 0 Å². The first kappa shape index (κ1) is 24.0. The number of ether oxygens (including phenoxy) is 2. The fraction of sp³-hybridized carbons (Fsp3) is 0.625. The van der Waals surface area contributed by atoms with Crippen LogP contribution in [0.2, 0.25) is 0 Å². The van der Waals surface area contributed by atoms with Gasteiger partial charge in [-0.1, -0.05) is 6.92 Å². The van der Waals surface area contributed by atoms with Gasteiger partial charge in [-0.15, -0.1) is 0 Å². The molecule has 0 unspecified atom stereocenters. The molecular formula is C24H35N3O5. The lowest BCUT2D eigenvalue weighted by Crippen LogP contribution is -2.48. The van der Waals surface area contributed by atoms with Crippen LogP contribution in [0.25, 0.3) is 0 Å². The Balaban J connectivity index is 1.93. The number of nitrogens with one attached hydrogen (secondary N) is 1. The third-order valence-corrected chi connectivity index (χ3v) is 6.25. The maximum Gasteiger partial charge on any atom is 0.257 e. The molecule has 1 aromatic carbocycles. The smallest absolute Gasteiger partial charge is 0.257 e. The monoisotopic (exact) mass is 445 g/mol. The van der Waals surface area contributed by atoms with E-state index < -0.39 is 0 Å². The van der Waals surface area contributed by atoms with Gasteiger partial charge in [0, 0.05) is 52.2 Å². The molecule has 1 aliphatic heterocycles. The molecule has 0 spiro atoms. The summed E-state index contributed by atoms with van der Waals surface area (Å²) in [7, 11) is 3.36. The van der Waals surface area contributed by atoms with Gasteiger partial charge in [-0.3, -0.25) is 14.4 Å². The molecule has 0 aromatic heterocycles. The van der Waals surface area contributed by atoms with E-state index in [-0.39, 0.29) is 42.4 Å². The molecule has 2 aliphatic rings. The maximum absolute atomic E-state index is 13.3. The second-order valence-electron chi connectivity index (χ2n) is 9.18. The van der Waals surface area contributed by atoms with Gasteiger partial charge in [0.15, 0.2) is 0 Å². The number of fused-ring (bicyclic) bond motifs is 1. The molecule has 1 aliphatic carbocycles. The molecule has 1 saturated carbocycles. The molecule has 0 bridgehead atoms. The summed E-state index contributed by atoms with van der Waals surface area (Å²) < 4.78 is 11.8. The van der Waals surface area contributed by atoms with Crippen LogP contribution in [-0.4, -0.2) is 73.5 Å². The topological polar surface area (TPSA) is 88.2 Å². The van der Waals surface area contributed by atoms with Crippen LogP contribution in [0.4, 0.5) is 5.69 Å². The predicted octanol–water partition coefficient (Wildman–Crippen LogP) is 2.78. The number of likely N-dealkylation sites (N-methyl/N-ethyl adjacent to an activating group) is 1. The van der Waals surface area contributed by atoms with Crippen molar-refractivity contribution < 1.29 is 23.9 Å². The summed E-state index contributed by atoms with van der Waals surface area (Å²) in [6, 6.07) is 4.88. The average Bonchev–Trinajstić information content (AvgIpc) is 3.56. The molecule has 0 saturated heterocycles. The fourth-order valence-electron chi connectivity index (χ4n) is 4.09. The number of nitrogens with zero attached hydrogens (tertiary/aromatic N) is 2. The van der Waals surface area contributed by atoms with Gasteiger partial charge in [0.2, 0.25) is 11.8 Å². The second-order valence-corrected chi connectivity index (χ2v) is 9.18. The first-order chi connectivity index (χ1) is 15.2. The van der Waals surface area contributed by atoms with Gasteiger partial charge in [0.25, 0.3) is 5.91 Å². The summed E-state index contributed by atoms with van der Waals surface area (Å²) in [5.41, 5.74) is 0.893. The van der Waals surface area contributed by atoms with Crippen molar-refractivity contribution in [2.75, 3.05) is 39.2 Å². The Morgan fingerprint density at radius 3 is 2.56 bits per heavy atom. The van der Waals surface area contributed by atoms with E-state index in [1.165, 1.54) is 6.92 Å². The highest BCUT2D eigenvalue weighted by molar-refractivity contribution is 5.99. The number of amides is 3. The molecule has 1 N–H and O–H groups in total. The number of hydrogen-bond acceptors (Lipinski definition) is 5. The quantitative estimate of drug-likeness (QED) is 0.770. The van der Waals surface area contributed by atoms with Crippen molar-refractivity contribution in [3.8, 4) is 5.75 Å². The number of anilines is 1. The zero-order chi connectivity index (χ0) is 23.4. The minimum atomic E-state index is -0.227. The highest BCUT2D eigenvalue weighted by atomic mass is 16.5. The Bertz CT molecular complexity index is 854. The predicted molar refractivity (Wildman–Crippen MR) is 122 cm³/mol. The molecule has 0 radical (unpaired) electrons. The van der Waals surface area contributed by atoms with Crippen LogP contribution < -0.4 is 10.1 Å². The van der Waals surface area contributed by atoms with E-state index >= 15 is 0 Å². The lowest BCUT2D eigenvalue weighted by molar-refractivity contribution is -0.135. The van der Waals surface area contributed by atoms with Crippen LogP contribution in [0.1, 0.15) is 50.4 Å². The van der Waals surface area contributed by atoms with E-state index in [9.17, 15) is 14.4 Å². The van der Waals surface area contributed by atoms with Crippen molar-refractivity contribution in [2.24, 2.45) is 11.8 Å². The summed E-state index contributed by atoms with van der Waals surface area (Å²) in [6.45, 7) is 6.63. The van der Waals surface area contributed by atoms with E-state index in [1.807, 2.05) is 18.7 Å². The Morgan fingerprint density at radius 1 is 1.22 bits per heavy atom. The lowest BCUT2D eigenvalue weighted by atomic mass is 10.0. The lowest BCUT2D eigenvalue weighted by Gasteiger charge is -2.36. The normalized spacial score (nSPS) is 24.7. The van der Waals surface area contributed by atoms with Crippen LogP contribution >= 0.6 is 0 Å². The number of carbonyl (C=O) groups is 3. The van der Waals surface area contributed by atoms with E-state index in [4.69, 9.17) is 9.47 Å². The summed E-state index contributed by atoms with van der Waals surface area (Å²) in [4.78, 5) is 41.3. The Morgan fingerprint density at radius 2 is 1.94 bits per heavy atom. The summed E-state index contributed by atoms with van der Waals surface area (Å²) in [5, 5.41) is 2.72. The van der Waals surface area contributed by atoms with Gasteiger partial charge in [-0.2, -0.15) is 0 Å². The van der Waals surface area contributed by atoms with E-state index in [2.05, 4.69) is 5.32 Å². The molecule has 8 nitrogen and oxygen atoms in total. The second kappa shape index (κ2) is 10.3. The molecule has 1 aromatic rings. The SMILES string of the molecule is CO[C@H]1CN(C)C(=O)c2cc(NC(C)=O)ccc2OC[C@H](C)N(C(=O)CC2CC2)C[C@@H]1C.